The van der Waals surface area contributed by atoms with E-state index in [0.29, 0.717) is 17.6 Å². The molecule has 0 aliphatic heterocycles. The summed E-state index contributed by atoms with van der Waals surface area (Å²) in [7, 11) is 2.11. The Balaban J connectivity index is 2.51. The van der Waals surface area contributed by atoms with Crippen LogP contribution in [0.4, 0.5) is 5.82 Å². The molecule has 1 aromatic rings. The molecule has 0 spiro atoms. The van der Waals surface area contributed by atoms with Crippen molar-refractivity contribution in [1.82, 2.24) is 14.9 Å². The lowest BCUT2D eigenvalue weighted by molar-refractivity contribution is 0.261. The monoisotopic (exact) mass is 267 g/mol. The molecule has 1 rings (SSSR count). The first-order valence-electron chi connectivity index (χ1n) is 6.11. The smallest absolute Gasteiger partial charge is 0.155 e. The van der Waals surface area contributed by atoms with Gasteiger partial charge in [0.25, 0.3) is 0 Å². The lowest BCUT2D eigenvalue weighted by atomic mass is 10.2. The second-order valence-corrected chi connectivity index (χ2v) is 4.72. The molecule has 1 heterocycles. The van der Waals surface area contributed by atoms with Crippen LogP contribution in [-0.4, -0.2) is 46.0 Å². The van der Waals surface area contributed by atoms with Crippen molar-refractivity contribution >= 4 is 23.0 Å². The molecule has 0 aliphatic rings. The number of hydrogen-bond acceptors (Lipinski definition) is 5. The predicted octanol–water partition coefficient (Wildman–Crippen LogP) is 1.25. The summed E-state index contributed by atoms with van der Waals surface area (Å²) >= 11 is 4.94. The predicted molar refractivity (Wildman–Crippen MR) is 78.8 cm³/mol. The van der Waals surface area contributed by atoms with Crippen LogP contribution in [0.5, 0.6) is 0 Å². The summed E-state index contributed by atoms with van der Waals surface area (Å²) in [6.07, 6.45) is 4.35. The number of rotatable bonds is 7. The number of anilines is 1. The van der Waals surface area contributed by atoms with Gasteiger partial charge in [0.05, 0.1) is 0 Å². The lowest BCUT2D eigenvalue weighted by Crippen LogP contribution is -2.33. The highest BCUT2D eigenvalue weighted by Gasteiger charge is 2.09. The topological polar surface area (TPSA) is 67.1 Å². The van der Waals surface area contributed by atoms with E-state index in [0.717, 1.165) is 19.5 Å². The van der Waals surface area contributed by atoms with Gasteiger partial charge in [-0.1, -0.05) is 19.1 Å². The molecule has 0 aliphatic carbocycles. The molecule has 100 valence electrons. The molecule has 6 heteroatoms. The van der Waals surface area contributed by atoms with E-state index in [-0.39, 0.29) is 4.99 Å². The number of thiocarbonyl (C=S) groups is 1. The van der Waals surface area contributed by atoms with Gasteiger partial charge in [-0.05, 0) is 20.4 Å². The van der Waals surface area contributed by atoms with Crippen molar-refractivity contribution in [2.24, 2.45) is 5.73 Å². The number of nitrogens with two attached hydrogens (primary N) is 1. The maximum atomic E-state index is 5.59. The van der Waals surface area contributed by atoms with E-state index in [1.165, 1.54) is 0 Å². The van der Waals surface area contributed by atoms with E-state index in [2.05, 4.69) is 41.1 Å². The van der Waals surface area contributed by atoms with E-state index in [9.17, 15) is 0 Å². The summed E-state index contributed by atoms with van der Waals surface area (Å²) in [6.45, 7) is 6.11. The molecule has 0 fully saturated rings. The second-order valence-electron chi connectivity index (χ2n) is 4.28. The van der Waals surface area contributed by atoms with Crippen LogP contribution in [0.15, 0.2) is 12.4 Å². The summed E-state index contributed by atoms with van der Waals surface area (Å²) < 4.78 is 0. The molecule has 1 unspecified atom stereocenters. The third kappa shape index (κ3) is 4.19. The average Bonchev–Trinajstić information content (AvgIpc) is 2.38. The van der Waals surface area contributed by atoms with Gasteiger partial charge < -0.3 is 16.0 Å². The normalized spacial score (nSPS) is 12.4. The Kier molecular flexibility index (Phi) is 5.94. The molecule has 1 atom stereocenters. The van der Waals surface area contributed by atoms with Crippen LogP contribution in [0.1, 0.15) is 26.0 Å². The molecule has 0 amide bonds. The first-order valence-corrected chi connectivity index (χ1v) is 6.52. The third-order valence-electron chi connectivity index (χ3n) is 3.03. The minimum atomic E-state index is 0.265. The fourth-order valence-corrected chi connectivity index (χ4v) is 1.68. The molecule has 0 bridgehead atoms. The number of nitrogens with zero attached hydrogens (tertiary/aromatic N) is 3. The van der Waals surface area contributed by atoms with Gasteiger partial charge in [-0.15, -0.1) is 0 Å². The molecular weight excluding hydrogens is 246 g/mol. The molecule has 18 heavy (non-hydrogen) atoms. The standard InChI is InChI=1S/C12H21N5S/c1-4-9(2)17(3)8-7-16-12-10(11(13)18)14-5-6-15-12/h5-6,9H,4,7-8H2,1-3H3,(H2,13,18)(H,15,16). The Bertz CT molecular complexity index is 396. The average molecular weight is 267 g/mol. The van der Waals surface area contributed by atoms with Crippen LogP contribution in [0.3, 0.4) is 0 Å². The zero-order chi connectivity index (χ0) is 13.5. The van der Waals surface area contributed by atoms with Gasteiger partial charge in [-0.25, -0.2) is 9.97 Å². The highest BCUT2D eigenvalue weighted by atomic mass is 32.1. The Morgan fingerprint density at radius 1 is 1.50 bits per heavy atom. The summed E-state index contributed by atoms with van der Waals surface area (Å²) in [5.74, 6) is 0.655. The van der Waals surface area contributed by atoms with E-state index in [1.54, 1.807) is 12.4 Å². The fraction of sp³-hybridized carbons (Fsp3) is 0.583. The Morgan fingerprint density at radius 3 is 2.78 bits per heavy atom. The Morgan fingerprint density at radius 2 is 2.17 bits per heavy atom. The summed E-state index contributed by atoms with van der Waals surface area (Å²) in [6, 6.07) is 0.573. The van der Waals surface area contributed by atoms with Crippen LogP contribution < -0.4 is 11.1 Å². The number of aromatic nitrogens is 2. The highest BCUT2D eigenvalue weighted by Crippen LogP contribution is 2.07. The van der Waals surface area contributed by atoms with Gasteiger partial charge in [0.2, 0.25) is 0 Å². The number of nitrogens with one attached hydrogen (secondary N) is 1. The quantitative estimate of drug-likeness (QED) is 0.725. The molecule has 0 saturated heterocycles. The van der Waals surface area contributed by atoms with Gasteiger partial charge in [0.1, 0.15) is 10.7 Å². The molecule has 3 N–H and O–H groups in total. The second kappa shape index (κ2) is 7.23. The molecule has 0 radical (unpaired) electrons. The lowest BCUT2D eigenvalue weighted by Gasteiger charge is -2.23. The van der Waals surface area contributed by atoms with Crippen LogP contribution in [-0.2, 0) is 0 Å². The van der Waals surface area contributed by atoms with Gasteiger partial charge in [-0.3, -0.25) is 0 Å². The fourth-order valence-electron chi connectivity index (χ4n) is 1.53. The zero-order valence-corrected chi connectivity index (χ0v) is 12.0. The van der Waals surface area contributed by atoms with Crippen molar-refractivity contribution in [3.63, 3.8) is 0 Å². The van der Waals surface area contributed by atoms with Crippen molar-refractivity contribution in [2.45, 2.75) is 26.3 Å². The van der Waals surface area contributed by atoms with Crippen molar-refractivity contribution in [3.05, 3.63) is 18.1 Å². The molecular formula is C12H21N5S. The van der Waals surface area contributed by atoms with Gasteiger partial charge in [0.15, 0.2) is 5.82 Å². The van der Waals surface area contributed by atoms with Crippen molar-refractivity contribution in [2.75, 3.05) is 25.5 Å². The van der Waals surface area contributed by atoms with Gasteiger partial charge in [0, 0.05) is 31.5 Å². The Hall–Kier alpha value is -1.27. The van der Waals surface area contributed by atoms with Crippen LogP contribution in [0.2, 0.25) is 0 Å². The third-order valence-corrected chi connectivity index (χ3v) is 3.23. The first-order chi connectivity index (χ1) is 8.56. The van der Waals surface area contributed by atoms with Crippen LogP contribution in [0, 0.1) is 0 Å². The SMILES string of the molecule is CCC(C)N(C)CCNc1nccnc1C(N)=S. The van der Waals surface area contributed by atoms with Crippen LogP contribution in [0.25, 0.3) is 0 Å². The van der Waals surface area contributed by atoms with E-state index >= 15 is 0 Å². The Labute approximate surface area is 114 Å². The maximum Gasteiger partial charge on any atom is 0.155 e. The van der Waals surface area contributed by atoms with Crippen LogP contribution >= 0.6 is 12.2 Å². The zero-order valence-electron chi connectivity index (χ0n) is 11.2. The summed E-state index contributed by atoms with van der Waals surface area (Å²) in [5.41, 5.74) is 6.15. The van der Waals surface area contributed by atoms with Crippen molar-refractivity contribution in [1.29, 1.82) is 0 Å². The largest absolute Gasteiger partial charge is 0.388 e. The van der Waals surface area contributed by atoms with E-state index in [4.69, 9.17) is 18.0 Å². The van der Waals surface area contributed by atoms with Gasteiger partial charge >= 0.3 is 0 Å². The first kappa shape index (κ1) is 14.8. The minimum absolute atomic E-state index is 0.265. The summed E-state index contributed by atoms with van der Waals surface area (Å²) in [4.78, 5) is 10.9. The number of hydrogen-bond donors (Lipinski definition) is 2. The minimum Gasteiger partial charge on any atom is -0.388 e. The van der Waals surface area contributed by atoms with Gasteiger partial charge in [-0.2, -0.15) is 0 Å². The van der Waals surface area contributed by atoms with E-state index < -0.39 is 0 Å². The molecule has 5 nitrogen and oxygen atoms in total. The van der Waals surface area contributed by atoms with E-state index in [1.807, 2.05) is 0 Å². The van der Waals surface area contributed by atoms with Crippen molar-refractivity contribution < 1.29 is 0 Å². The number of likely N-dealkylation sites (N-methyl/N-ethyl adjacent to an activating group) is 1. The molecule has 1 aromatic heterocycles. The molecule has 0 saturated carbocycles. The molecule has 0 aromatic carbocycles. The summed E-state index contributed by atoms with van der Waals surface area (Å²) in [5, 5.41) is 3.22. The maximum absolute atomic E-state index is 5.59. The highest BCUT2D eigenvalue weighted by molar-refractivity contribution is 7.80. The van der Waals surface area contributed by atoms with Crippen molar-refractivity contribution in [3.8, 4) is 0 Å².